The smallest absolute Gasteiger partial charge is 0.220 e. The highest BCUT2D eigenvalue weighted by molar-refractivity contribution is 5.75. The van der Waals surface area contributed by atoms with E-state index in [0.717, 1.165) is 11.5 Å². The van der Waals surface area contributed by atoms with Crippen LogP contribution in [0.25, 0.3) is 0 Å². The summed E-state index contributed by atoms with van der Waals surface area (Å²) in [5.41, 5.74) is 0. The molecule has 1 N–H and O–H groups in total. The predicted molar refractivity (Wildman–Crippen MR) is 66.4 cm³/mol. The summed E-state index contributed by atoms with van der Waals surface area (Å²) in [5, 5.41) is 2.83. The summed E-state index contributed by atoms with van der Waals surface area (Å²) in [6.45, 7) is 4.20. The molecule has 0 unspecified atom stereocenters. The number of amides is 1. The van der Waals surface area contributed by atoms with E-state index in [1.807, 2.05) is 38.1 Å². The van der Waals surface area contributed by atoms with Crippen molar-refractivity contribution in [1.82, 2.24) is 5.32 Å². The normalized spacial score (nSPS) is 11.7. The Morgan fingerprint density at radius 1 is 1.29 bits per heavy atom. The Balaban J connectivity index is 2.36. The zero-order chi connectivity index (χ0) is 12.7. The fourth-order valence-corrected chi connectivity index (χ4v) is 1.31. The number of carbonyl (C=O) groups is 1. The van der Waals surface area contributed by atoms with Gasteiger partial charge in [0.05, 0.1) is 13.2 Å². The first-order valence-corrected chi connectivity index (χ1v) is 5.72. The van der Waals surface area contributed by atoms with Gasteiger partial charge in [-0.1, -0.05) is 6.92 Å². The lowest BCUT2D eigenvalue weighted by Gasteiger charge is -2.14. The van der Waals surface area contributed by atoms with Crippen LogP contribution in [0, 0.1) is 0 Å². The van der Waals surface area contributed by atoms with Crippen LogP contribution >= 0.6 is 0 Å². The molecular formula is C13H19NO3. The van der Waals surface area contributed by atoms with Crippen LogP contribution in [-0.4, -0.2) is 25.7 Å². The molecule has 0 saturated carbocycles. The Morgan fingerprint density at radius 2 is 1.88 bits per heavy atom. The number of carbonyl (C=O) groups excluding carboxylic acids is 1. The zero-order valence-corrected chi connectivity index (χ0v) is 10.5. The van der Waals surface area contributed by atoms with Gasteiger partial charge in [0.1, 0.15) is 18.1 Å². The topological polar surface area (TPSA) is 47.6 Å². The second-order valence-corrected chi connectivity index (χ2v) is 3.81. The first-order valence-electron chi connectivity index (χ1n) is 5.72. The summed E-state index contributed by atoms with van der Waals surface area (Å²) in [6.07, 6.45) is 0.493. The van der Waals surface area contributed by atoms with Crippen molar-refractivity contribution >= 4 is 5.91 Å². The highest BCUT2D eigenvalue weighted by atomic mass is 16.5. The molecule has 0 aliphatic rings. The molecular weight excluding hydrogens is 218 g/mol. The highest BCUT2D eigenvalue weighted by Crippen LogP contribution is 2.16. The average Bonchev–Trinajstić information content (AvgIpc) is 2.36. The van der Waals surface area contributed by atoms with E-state index < -0.39 is 0 Å². The standard InChI is InChI=1S/C13H19NO3/c1-4-13(15)14-10(2)9-17-12-7-5-11(16-3)6-8-12/h5-8,10H,4,9H2,1-3H3,(H,14,15)/t10-/m1/s1. The molecule has 0 aromatic heterocycles. The molecule has 0 aliphatic carbocycles. The van der Waals surface area contributed by atoms with E-state index in [4.69, 9.17) is 9.47 Å². The van der Waals surface area contributed by atoms with Crippen molar-refractivity contribution in [2.45, 2.75) is 26.3 Å². The summed E-state index contributed by atoms with van der Waals surface area (Å²) < 4.78 is 10.6. The lowest BCUT2D eigenvalue weighted by molar-refractivity contribution is -0.121. The van der Waals surface area contributed by atoms with Gasteiger partial charge in [0.2, 0.25) is 5.91 Å². The van der Waals surface area contributed by atoms with Crippen molar-refractivity contribution in [3.63, 3.8) is 0 Å². The van der Waals surface area contributed by atoms with E-state index in [1.54, 1.807) is 7.11 Å². The second kappa shape index (κ2) is 6.78. The van der Waals surface area contributed by atoms with Gasteiger partial charge in [0, 0.05) is 6.42 Å². The summed E-state index contributed by atoms with van der Waals surface area (Å²) in [7, 11) is 1.62. The van der Waals surface area contributed by atoms with Crippen molar-refractivity contribution in [2.75, 3.05) is 13.7 Å². The minimum absolute atomic E-state index is 0.00421. The molecule has 0 spiro atoms. The Hall–Kier alpha value is -1.71. The molecule has 17 heavy (non-hydrogen) atoms. The molecule has 1 amide bonds. The molecule has 0 bridgehead atoms. The first-order chi connectivity index (χ1) is 8.15. The summed E-state index contributed by atoms with van der Waals surface area (Å²) in [6, 6.07) is 7.36. The Morgan fingerprint density at radius 3 is 2.41 bits per heavy atom. The largest absolute Gasteiger partial charge is 0.497 e. The average molecular weight is 237 g/mol. The molecule has 4 heteroatoms. The van der Waals surface area contributed by atoms with E-state index in [9.17, 15) is 4.79 Å². The van der Waals surface area contributed by atoms with Crippen LogP contribution in [0.2, 0.25) is 0 Å². The van der Waals surface area contributed by atoms with Crippen molar-refractivity contribution in [1.29, 1.82) is 0 Å². The number of hydrogen-bond donors (Lipinski definition) is 1. The minimum Gasteiger partial charge on any atom is -0.497 e. The van der Waals surface area contributed by atoms with Crippen molar-refractivity contribution < 1.29 is 14.3 Å². The molecule has 94 valence electrons. The molecule has 0 fully saturated rings. The van der Waals surface area contributed by atoms with Gasteiger partial charge in [-0.3, -0.25) is 4.79 Å². The number of hydrogen-bond acceptors (Lipinski definition) is 3. The number of methoxy groups -OCH3 is 1. The Labute approximate surface area is 102 Å². The van der Waals surface area contributed by atoms with Gasteiger partial charge in [-0.15, -0.1) is 0 Å². The fourth-order valence-electron chi connectivity index (χ4n) is 1.31. The second-order valence-electron chi connectivity index (χ2n) is 3.81. The lowest BCUT2D eigenvalue weighted by atomic mass is 10.3. The Bertz CT molecular complexity index is 348. The number of ether oxygens (including phenoxy) is 2. The number of benzene rings is 1. The molecule has 1 atom stereocenters. The van der Waals surface area contributed by atoms with Crippen molar-refractivity contribution in [3.05, 3.63) is 24.3 Å². The van der Waals surface area contributed by atoms with Gasteiger partial charge in [0.25, 0.3) is 0 Å². The van der Waals surface area contributed by atoms with Gasteiger partial charge in [-0.25, -0.2) is 0 Å². The van der Waals surface area contributed by atoms with Crippen LogP contribution in [0.4, 0.5) is 0 Å². The predicted octanol–water partition coefficient (Wildman–Crippen LogP) is 1.99. The summed E-state index contributed by atoms with van der Waals surface area (Å²) >= 11 is 0. The quantitative estimate of drug-likeness (QED) is 0.823. The third-order valence-corrected chi connectivity index (χ3v) is 2.29. The Kier molecular flexibility index (Phi) is 5.33. The van der Waals surface area contributed by atoms with Gasteiger partial charge in [-0.2, -0.15) is 0 Å². The third-order valence-electron chi connectivity index (χ3n) is 2.29. The van der Waals surface area contributed by atoms with Crippen LogP contribution < -0.4 is 14.8 Å². The highest BCUT2D eigenvalue weighted by Gasteiger charge is 2.06. The molecule has 0 saturated heterocycles. The van der Waals surface area contributed by atoms with E-state index >= 15 is 0 Å². The minimum atomic E-state index is 0.00421. The number of nitrogens with one attached hydrogen (secondary N) is 1. The van der Waals surface area contributed by atoms with Gasteiger partial charge in [-0.05, 0) is 31.2 Å². The van der Waals surface area contributed by atoms with E-state index in [1.165, 1.54) is 0 Å². The summed E-state index contributed by atoms with van der Waals surface area (Å²) in [4.78, 5) is 11.1. The maximum atomic E-state index is 11.1. The lowest BCUT2D eigenvalue weighted by Crippen LogP contribution is -2.36. The van der Waals surface area contributed by atoms with Crippen LogP contribution in [0.5, 0.6) is 11.5 Å². The van der Waals surface area contributed by atoms with Crippen LogP contribution in [-0.2, 0) is 4.79 Å². The summed E-state index contributed by atoms with van der Waals surface area (Å²) in [5.74, 6) is 1.60. The van der Waals surface area contributed by atoms with Crippen LogP contribution in [0.15, 0.2) is 24.3 Å². The van der Waals surface area contributed by atoms with E-state index in [-0.39, 0.29) is 11.9 Å². The molecule has 1 aromatic carbocycles. The maximum Gasteiger partial charge on any atom is 0.220 e. The number of rotatable bonds is 6. The first kappa shape index (κ1) is 13.4. The maximum absolute atomic E-state index is 11.1. The van der Waals surface area contributed by atoms with Gasteiger partial charge < -0.3 is 14.8 Å². The molecule has 0 radical (unpaired) electrons. The monoisotopic (exact) mass is 237 g/mol. The molecule has 1 rings (SSSR count). The van der Waals surface area contributed by atoms with Crippen LogP contribution in [0.1, 0.15) is 20.3 Å². The fraction of sp³-hybridized carbons (Fsp3) is 0.462. The third kappa shape index (κ3) is 4.76. The van der Waals surface area contributed by atoms with Crippen molar-refractivity contribution in [2.24, 2.45) is 0 Å². The molecule has 4 nitrogen and oxygen atoms in total. The van der Waals surface area contributed by atoms with Crippen molar-refractivity contribution in [3.8, 4) is 11.5 Å². The molecule has 1 aromatic rings. The molecule has 0 aliphatic heterocycles. The SMILES string of the molecule is CCC(=O)N[C@H](C)COc1ccc(OC)cc1. The zero-order valence-electron chi connectivity index (χ0n) is 10.5. The van der Waals surface area contributed by atoms with Crippen LogP contribution in [0.3, 0.4) is 0 Å². The van der Waals surface area contributed by atoms with E-state index in [0.29, 0.717) is 13.0 Å². The molecule has 0 heterocycles. The van der Waals surface area contributed by atoms with Gasteiger partial charge >= 0.3 is 0 Å². The van der Waals surface area contributed by atoms with Gasteiger partial charge in [0.15, 0.2) is 0 Å². The van der Waals surface area contributed by atoms with E-state index in [2.05, 4.69) is 5.32 Å².